The van der Waals surface area contributed by atoms with Gasteiger partial charge in [-0.3, -0.25) is 0 Å². The number of aryl methyl sites for hydroxylation is 1. The number of imidazole rings is 1. The molecule has 0 amide bonds. The zero-order chi connectivity index (χ0) is 14.0. The minimum atomic E-state index is -0.957. The molecule has 1 aromatic heterocycles. The number of aromatic nitrogens is 2. The first-order chi connectivity index (χ1) is 8.99. The number of hydrogen-bond acceptors (Lipinski definition) is 2. The molecule has 0 radical (unpaired) electrons. The van der Waals surface area contributed by atoms with Crippen LogP contribution in [0.2, 0.25) is 0 Å². The summed E-state index contributed by atoms with van der Waals surface area (Å²) in [5, 5.41) is 8.60. The summed E-state index contributed by atoms with van der Waals surface area (Å²) in [6.45, 7) is 3.97. The van der Waals surface area contributed by atoms with E-state index in [9.17, 15) is 4.79 Å². The maximum Gasteiger partial charge on any atom is 0.328 e. The fraction of sp³-hybridized carbons (Fsp3) is 0.143. The Bertz CT molecular complexity index is 659. The molecule has 0 unspecified atom stereocenters. The summed E-state index contributed by atoms with van der Waals surface area (Å²) in [6.07, 6.45) is 4.45. The second-order valence-corrected chi connectivity index (χ2v) is 5.02. The Hall–Kier alpha value is -1.88. The second kappa shape index (κ2) is 5.40. The molecule has 0 aliphatic carbocycles. The van der Waals surface area contributed by atoms with Gasteiger partial charge in [0.25, 0.3) is 0 Å². The standard InChI is InChI=1S/C14H13BrN2O2/c1-9-10(2)17(8-16-9)13-5-3-11(7-12(13)15)4-6-14(18)19/h3-8H,1-2H3,(H,18,19)/b6-4+. The molecular formula is C14H13BrN2O2. The molecule has 0 fully saturated rings. The summed E-state index contributed by atoms with van der Waals surface area (Å²) < 4.78 is 2.88. The summed E-state index contributed by atoms with van der Waals surface area (Å²) >= 11 is 3.50. The summed E-state index contributed by atoms with van der Waals surface area (Å²) in [6, 6.07) is 5.68. The molecule has 1 N–H and O–H groups in total. The summed E-state index contributed by atoms with van der Waals surface area (Å²) in [4.78, 5) is 14.7. The van der Waals surface area contributed by atoms with Gasteiger partial charge in [0.2, 0.25) is 0 Å². The number of carboxylic acids is 1. The molecule has 4 nitrogen and oxygen atoms in total. The Kier molecular flexibility index (Phi) is 3.85. The molecule has 98 valence electrons. The number of carboxylic acid groups (broad SMARTS) is 1. The summed E-state index contributed by atoms with van der Waals surface area (Å²) in [5.74, 6) is -0.957. The van der Waals surface area contributed by atoms with Gasteiger partial charge in [0.05, 0.1) is 17.7 Å². The Balaban J connectivity index is 2.40. The van der Waals surface area contributed by atoms with Crippen LogP contribution < -0.4 is 0 Å². The van der Waals surface area contributed by atoms with Gasteiger partial charge >= 0.3 is 5.97 Å². The van der Waals surface area contributed by atoms with Gasteiger partial charge in [0, 0.05) is 16.2 Å². The van der Waals surface area contributed by atoms with Crippen LogP contribution in [-0.2, 0) is 4.79 Å². The largest absolute Gasteiger partial charge is 0.478 e. The lowest BCUT2D eigenvalue weighted by molar-refractivity contribution is -0.131. The van der Waals surface area contributed by atoms with Crippen LogP contribution >= 0.6 is 15.9 Å². The van der Waals surface area contributed by atoms with E-state index < -0.39 is 5.97 Å². The second-order valence-electron chi connectivity index (χ2n) is 4.17. The van der Waals surface area contributed by atoms with Crippen LogP contribution in [0.3, 0.4) is 0 Å². The Morgan fingerprint density at radius 2 is 2.16 bits per heavy atom. The zero-order valence-electron chi connectivity index (χ0n) is 10.6. The van der Waals surface area contributed by atoms with Crippen molar-refractivity contribution in [3.05, 3.63) is 52.0 Å². The number of benzene rings is 1. The van der Waals surface area contributed by atoms with Crippen molar-refractivity contribution in [1.29, 1.82) is 0 Å². The first kappa shape index (κ1) is 13.5. The van der Waals surface area contributed by atoms with E-state index in [0.717, 1.165) is 33.2 Å². The zero-order valence-corrected chi connectivity index (χ0v) is 12.2. The van der Waals surface area contributed by atoms with E-state index >= 15 is 0 Å². The highest BCUT2D eigenvalue weighted by Gasteiger charge is 2.07. The molecule has 0 aliphatic rings. The fourth-order valence-corrected chi connectivity index (χ4v) is 2.32. The van der Waals surface area contributed by atoms with Crippen molar-refractivity contribution < 1.29 is 9.90 Å². The van der Waals surface area contributed by atoms with E-state index in [4.69, 9.17) is 5.11 Å². The van der Waals surface area contributed by atoms with Crippen molar-refractivity contribution in [2.75, 3.05) is 0 Å². The number of halogens is 1. The highest BCUT2D eigenvalue weighted by molar-refractivity contribution is 9.10. The minimum absolute atomic E-state index is 0.826. The summed E-state index contributed by atoms with van der Waals surface area (Å²) in [7, 11) is 0. The topological polar surface area (TPSA) is 55.1 Å². The van der Waals surface area contributed by atoms with Crippen molar-refractivity contribution in [1.82, 2.24) is 9.55 Å². The normalized spacial score (nSPS) is 11.1. The van der Waals surface area contributed by atoms with Crippen LogP contribution in [0.15, 0.2) is 35.1 Å². The van der Waals surface area contributed by atoms with Crippen LogP contribution in [-0.4, -0.2) is 20.6 Å². The summed E-state index contributed by atoms with van der Waals surface area (Å²) in [5.41, 5.74) is 3.87. The number of rotatable bonds is 3. The first-order valence-corrected chi connectivity index (χ1v) is 6.50. The molecular weight excluding hydrogens is 308 g/mol. The predicted octanol–water partition coefficient (Wildman–Crippen LogP) is 3.35. The molecule has 0 saturated heterocycles. The van der Waals surface area contributed by atoms with Crippen LogP contribution in [0.1, 0.15) is 17.0 Å². The highest BCUT2D eigenvalue weighted by Crippen LogP contribution is 2.25. The molecule has 0 aliphatic heterocycles. The minimum Gasteiger partial charge on any atom is -0.478 e. The van der Waals surface area contributed by atoms with Gasteiger partial charge in [-0.25, -0.2) is 9.78 Å². The fourth-order valence-electron chi connectivity index (χ4n) is 1.73. The van der Waals surface area contributed by atoms with E-state index in [-0.39, 0.29) is 0 Å². The van der Waals surface area contributed by atoms with Crippen LogP contribution in [0, 0.1) is 13.8 Å². The molecule has 0 spiro atoms. The van der Waals surface area contributed by atoms with E-state index in [0.29, 0.717) is 0 Å². The molecule has 5 heteroatoms. The third-order valence-corrected chi connectivity index (χ3v) is 3.54. The SMILES string of the molecule is Cc1ncn(-c2ccc(/C=C/C(=O)O)cc2Br)c1C. The van der Waals surface area contributed by atoms with Crippen molar-refractivity contribution >= 4 is 28.0 Å². The molecule has 19 heavy (non-hydrogen) atoms. The van der Waals surface area contributed by atoms with Gasteiger partial charge < -0.3 is 9.67 Å². The van der Waals surface area contributed by atoms with Gasteiger partial charge in [-0.05, 0) is 53.5 Å². The molecule has 1 heterocycles. The lowest BCUT2D eigenvalue weighted by Crippen LogP contribution is -1.97. The van der Waals surface area contributed by atoms with Crippen LogP contribution in [0.4, 0.5) is 0 Å². The van der Waals surface area contributed by atoms with Gasteiger partial charge in [-0.1, -0.05) is 6.07 Å². The van der Waals surface area contributed by atoms with Gasteiger partial charge in [0.15, 0.2) is 0 Å². The van der Waals surface area contributed by atoms with Gasteiger partial charge in [-0.15, -0.1) is 0 Å². The maximum atomic E-state index is 10.5. The van der Waals surface area contributed by atoms with Crippen LogP contribution in [0.5, 0.6) is 0 Å². The Labute approximate surface area is 119 Å². The predicted molar refractivity (Wildman–Crippen MR) is 77.4 cm³/mol. The molecule has 0 saturated carbocycles. The molecule has 2 aromatic rings. The highest BCUT2D eigenvalue weighted by atomic mass is 79.9. The third kappa shape index (κ3) is 2.93. The lowest BCUT2D eigenvalue weighted by Gasteiger charge is -2.09. The van der Waals surface area contributed by atoms with E-state index in [1.807, 2.05) is 36.6 Å². The molecule has 0 atom stereocenters. The smallest absolute Gasteiger partial charge is 0.328 e. The quantitative estimate of drug-likeness (QED) is 0.882. The van der Waals surface area contributed by atoms with Gasteiger partial charge in [0.1, 0.15) is 0 Å². The van der Waals surface area contributed by atoms with Crippen molar-refractivity contribution in [2.24, 2.45) is 0 Å². The molecule has 1 aromatic carbocycles. The average molecular weight is 321 g/mol. The number of nitrogens with zero attached hydrogens (tertiary/aromatic N) is 2. The van der Waals surface area contributed by atoms with Crippen molar-refractivity contribution in [3.63, 3.8) is 0 Å². The first-order valence-electron chi connectivity index (χ1n) is 5.70. The maximum absolute atomic E-state index is 10.5. The third-order valence-electron chi connectivity index (χ3n) is 2.90. The lowest BCUT2D eigenvalue weighted by atomic mass is 10.2. The molecule has 2 rings (SSSR count). The number of aliphatic carboxylic acids is 1. The average Bonchev–Trinajstić information content (AvgIpc) is 2.68. The molecule has 0 bridgehead atoms. The Morgan fingerprint density at radius 1 is 1.42 bits per heavy atom. The van der Waals surface area contributed by atoms with E-state index in [1.54, 1.807) is 12.4 Å². The Morgan fingerprint density at radius 3 is 2.68 bits per heavy atom. The van der Waals surface area contributed by atoms with Gasteiger partial charge in [-0.2, -0.15) is 0 Å². The van der Waals surface area contributed by atoms with Crippen molar-refractivity contribution in [3.8, 4) is 5.69 Å². The van der Waals surface area contributed by atoms with Crippen molar-refractivity contribution in [2.45, 2.75) is 13.8 Å². The monoisotopic (exact) mass is 320 g/mol. The van der Waals surface area contributed by atoms with E-state index in [2.05, 4.69) is 20.9 Å². The van der Waals surface area contributed by atoms with E-state index in [1.165, 1.54) is 0 Å². The number of carbonyl (C=O) groups is 1. The number of hydrogen-bond donors (Lipinski definition) is 1. The van der Waals surface area contributed by atoms with Crippen LogP contribution in [0.25, 0.3) is 11.8 Å².